The van der Waals surface area contributed by atoms with Gasteiger partial charge in [-0.05, 0) is 37.3 Å². The average molecular weight is 231 g/mol. The second-order valence-corrected chi connectivity index (χ2v) is 5.44. The Morgan fingerprint density at radius 1 is 1.18 bits per heavy atom. The fraction of sp³-hybridized carbons (Fsp3) is 0.600. The van der Waals surface area contributed by atoms with Crippen molar-refractivity contribution < 1.29 is 5.11 Å². The van der Waals surface area contributed by atoms with Crippen LogP contribution in [0.3, 0.4) is 0 Å². The minimum Gasteiger partial charge on any atom is -0.393 e. The number of aliphatic hydroxyl groups is 1. The highest BCUT2D eigenvalue weighted by Crippen LogP contribution is 2.31. The van der Waals surface area contributed by atoms with Crippen molar-refractivity contribution >= 4 is 5.69 Å². The van der Waals surface area contributed by atoms with Gasteiger partial charge in [-0.25, -0.2) is 0 Å². The zero-order valence-corrected chi connectivity index (χ0v) is 10.3. The van der Waals surface area contributed by atoms with Gasteiger partial charge in [0.25, 0.3) is 0 Å². The lowest BCUT2D eigenvalue weighted by atomic mass is 9.99. The molecule has 2 aliphatic rings. The highest BCUT2D eigenvalue weighted by Gasteiger charge is 2.28. The van der Waals surface area contributed by atoms with Crippen LogP contribution in [-0.4, -0.2) is 24.3 Å². The summed E-state index contributed by atoms with van der Waals surface area (Å²) in [5.74, 6) is 0.487. The Morgan fingerprint density at radius 3 is 2.88 bits per heavy atom. The SMILES string of the molecule is OC1CCCC1CN1CCCc2ccccc21. The van der Waals surface area contributed by atoms with Crippen LogP contribution in [0.2, 0.25) is 0 Å². The minimum absolute atomic E-state index is 0.0657. The van der Waals surface area contributed by atoms with E-state index in [0.717, 1.165) is 19.5 Å². The van der Waals surface area contributed by atoms with Crippen LogP contribution in [0.25, 0.3) is 0 Å². The number of benzene rings is 1. The first kappa shape index (κ1) is 11.1. The molecule has 0 saturated heterocycles. The average Bonchev–Trinajstić information content (AvgIpc) is 2.76. The molecule has 92 valence electrons. The third-order valence-electron chi connectivity index (χ3n) is 4.28. The summed E-state index contributed by atoms with van der Waals surface area (Å²) in [6.45, 7) is 2.19. The Balaban J connectivity index is 1.76. The molecule has 17 heavy (non-hydrogen) atoms. The molecular formula is C15H21NO. The zero-order valence-electron chi connectivity index (χ0n) is 10.3. The normalized spacial score (nSPS) is 28.2. The number of hydrogen-bond acceptors (Lipinski definition) is 2. The number of anilines is 1. The summed E-state index contributed by atoms with van der Waals surface area (Å²) in [5.41, 5.74) is 2.88. The molecule has 3 rings (SSSR count). The number of aliphatic hydroxyl groups excluding tert-OH is 1. The summed E-state index contributed by atoms with van der Waals surface area (Å²) in [5, 5.41) is 9.94. The first-order valence-corrected chi connectivity index (χ1v) is 6.85. The molecule has 1 heterocycles. The summed E-state index contributed by atoms with van der Waals surface area (Å²) in [7, 11) is 0. The summed E-state index contributed by atoms with van der Waals surface area (Å²) >= 11 is 0. The molecule has 0 spiro atoms. The fourth-order valence-electron chi connectivity index (χ4n) is 3.31. The van der Waals surface area contributed by atoms with Gasteiger partial charge in [-0.1, -0.05) is 24.6 Å². The number of hydrogen-bond donors (Lipinski definition) is 1. The molecule has 2 unspecified atom stereocenters. The van der Waals surface area contributed by atoms with Crippen LogP contribution in [-0.2, 0) is 6.42 Å². The number of fused-ring (bicyclic) bond motifs is 1. The van der Waals surface area contributed by atoms with Gasteiger partial charge in [0, 0.05) is 24.7 Å². The largest absolute Gasteiger partial charge is 0.393 e. The van der Waals surface area contributed by atoms with E-state index in [2.05, 4.69) is 29.2 Å². The number of para-hydroxylation sites is 1. The molecule has 0 aromatic heterocycles. The molecule has 0 amide bonds. The van der Waals surface area contributed by atoms with Crippen LogP contribution < -0.4 is 4.90 Å². The van der Waals surface area contributed by atoms with Crippen LogP contribution in [0.4, 0.5) is 5.69 Å². The van der Waals surface area contributed by atoms with E-state index in [0.29, 0.717) is 5.92 Å². The summed E-state index contributed by atoms with van der Waals surface area (Å²) in [4.78, 5) is 2.48. The molecular weight excluding hydrogens is 210 g/mol. The Labute approximate surface area is 103 Å². The second kappa shape index (κ2) is 4.69. The highest BCUT2D eigenvalue weighted by atomic mass is 16.3. The van der Waals surface area contributed by atoms with E-state index in [1.165, 1.54) is 36.9 Å². The van der Waals surface area contributed by atoms with Gasteiger partial charge in [-0.3, -0.25) is 0 Å². The van der Waals surface area contributed by atoms with Gasteiger partial charge in [0.15, 0.2) is 0 Å². The monoisotopic (exact) mass is 231 g/mol. The van der Waals surface area contributed by atoms with Crippen LogP contribution in [0.5, 0.6) is 0 Å². The molecule has 2 heteroatoms. The third-order valence-corrected chi connectivity index (χ3v) is 4.28. The second-order valence-electron chi connectivity index (χ2n) is 5.44. The number of nitrogens with zero attached hydrogens (tertiary/aromatic N) is 1. The maximum absolute atomic E-state index is 9.94. The van der Waals surface area contributed by atoms with Gasteiger partial charge in [0.1, 0.15) is 0 Å². The van der Waals surface area contributed by atoms with Gasteiger partial charge >= 0.3 is 0 Å². The topological polar surface area (TPSA) is 23.5 Å². The van der Waals surface area contributed by atoms with E-state index in [1.807, 2.05) is 0 Å². The Hall–Kier alpha value is -1.02. The predicted molar refractivity (Wildman–Crippen MR) is 70.3 cm³/mol. The summed E-state index contributed by atoms with van der Waals surface area (Å²) in [6, 6.07) is 8.73. The molecule has 1 aromatic carbocycles. The zero-order chi connectivity index (χ0) is 11.7. The number of aryl methyl sites for hydroxylation is 1. The van der Waals surface area contributed by atoms with Crippen LogP contribution in [0.1, 0.15) is 31.2 Å². The Morgan fingerprint density at radius 2 is 2.06 bits per heavy atom. The van der Waals surface area contributed by atoms with E-state index in [1.54, 1.807) is 0 Å². The molecule has 1 aromatic rings. The molecule has 2 atom stereocenters. The molecule has 1 saturated carbocycles. The predicted octanol–water partition coefficient (Wildman–Crippen LogP) is 2.60. The van der Waals surface area contributed by atoms with Gasteiger partial charge < -0.3 is 10.0 Å². The van der Waals surface area contributed by atoms with Crippen LogP contribution in [0, 0.1) is 5.92 Å². The van der Waals surface area contributed by atoms with Gasteiger partial charge in [-0.15, -0.1) is 0 Å². The molecule has 2 nitrogen and oxygen atoms in total. The van der Waals surface area contributed by atoms with Crippen molar-refractivity contribution in [3.05, 3.63) is 29.8 Å². The smallest absolute Gasteiger partial charge is 0.0585 e. The van der Waals surface area contributed by atoms with E-state index < -0.39 is 0 Å². The van der Waals surface area contributed by atoms with E-state index in [-0.39, 0.29) is 6.10 Å². The van der Waals surface area contributed by atoms with Crippen molar-refractivity contribution in [3.63, 3.8) is 0 Å². The molecule has 1 fully saturated rings. The summed E-state index contributed by atoms with van der Waals surface area (Å²) in [6.07, 6.45) is 5.78. The van der Waals surface area contributed by atoms with Crippen LogP contribution >= 0.6 is 0 Å². The summed E-state index contributed by atoms with van der Waals surface area (Å²) < 4.78 is 0. The first-order valence-electron chi connectivity index (χ1n) is 6.85. The first-order chi connectivity index (χ1) is 8.34. The van der Waals surface area contributed by atoms with Crippen molar-refractivity contribution in [2.45, 2.75) is 38.2 Å². The molecule has 1 N–H and O–H groups in total. The Bertz CT molecular complexity index is 390. The quantitative estimate of drug-likeness (QED) is 0.845. The highest BCUT2D eigenvalue weighted by molar-refractivity contribution is 5.55. The van der Waals surface area contributed by atoms with Crippen molar-refractivity contribution in [2.75, 3.05) is 18.0 Å². The van der Waals surface area contributed by atoms with E-state index in [9.17, 15) is 5.11 Å². The fourth-order valence-corrected chi connectivity index (χ4v) is 3.31. The molecule has 0 radical (unpaired) electrons. The molecule has 0 bridgehead atoms. The van der Waals surface area contributed by atoms with Crippen LogP contribution in [0.15, 0.2) is 24.3 Å². The van der Waals surface area contributed by atoms with Crippen molar-refractivity contribution in [1.29, 1.82) is 0 Å². The van der Waals surface area contributed by atoms with E-state index in [4.69, 9.17) is 0 Å². The lowest BCUT2D eigenvalue weighted by molar-refractivity contribution is 0.135. The lowest BCUT2D eigenvalue weighted by Crippen LogP contribution is -2.36. The number of rotatable bonds is 2. The van der Waals surface area contributed by atoms with Crippen molar-refractivity contribution in [3.8, 4) is 0 Å². The standard InChI is InChI=1S/C15H21NO/c17-15-9-3-6-13(15)11-16-10-4-7-12-5-1-2-8-14(12)16/h1-2,5,8,13,15,17H,3-4,6-7,9-11H2. The van der Waals surface area contributed by atoms with Gasteiger partial charge in [0.2, 0.25) is 0 Å². The third kappa shape index (κ3) is 2.19. The maximum atomic E-state index is 9.94. The lowest BCUT2D eigenvalue weighted by Gasteiger charge is -2.34. The maximum Gasteiger partial charge on any atom is 0.0585 e. The van der Waals surface area contributed by atoms with E-state index >= 15 is 0 Å². The van der Waals surface area contributed by atoms with Gasteiger partial charge in [-0.2, -0.15) is 0 Å². The van der Waals surface area contributed by atoms with Gasteiger partial charge in [0.05, 0.1) is 6.10 Å². The van der Waals surface area contributed by atoms with Crippen molar-refractivity contribution in [2.24, 2.45) is 5.92 Å². The Kier molecular flexibility index (Phi) is 3.06. The van der Waals surface area contributed by atoms with Crippen molar-refractivity contribution in [1.82, 2.24) is 0 Å². The molecule has 1 aliphatic carbocycles. The molecule has 1 aliphatic heterocycles. The minimum atomic E-state index is -0.0657.